The average molecular weight is 212 g/mol. The lowest BCUT2D eigenvalue weighted by molar-refractivity contribution is 0.101. The van der Waals surface area contributed by atoms with Crippen molar-refractivity contribution in [2.24, 2.45) is 0 Å². The zero-order chi connectivity index (χ0) is 12.4. The third-order valence-corrected chi connectivity index (χ3v) is 1.58. The molecule has 0 unspecified atom stereocenters. The zero-order valence-electron chi connectivity index (χ0n) is 10.5. The molecule has 1 nitrogen and oxygen atoms in total. The van der Waals surface area contributed by atoms with Crippen LogP contribution in [0.3, 0.4) is 0 Å². The summed E-state index contributed by atoms with van der Waals surface area (Å²) in [5.41, 5.74) is 1.28. The molecule has 0 atom stereocenters. The number of Topliss-reactive ketones (excluding diaryl/α,β-unsaturated/α-hetero) is 1. The zero-order valence-corrected chi connectivity index (χ0v) is 10.5. The molecule has 0 N–H and O–H groups in total. The van der Waals surface area contributed by atoms with E-state index in [2.05, 4.69) is 0 Å². The van der Waals surface area contributed by atoms with Crippen LogP contribution in [0, 0.1) is 12.7 Å². The molecule has 0 aliphatic heterocycles. The van der Waals surface area contributed by atoms with Crippen molar-refractivity contribution in [2.75, 3.05) is 0 Å². The van der Waals surface area contributed by atoms with Gasteiger partial charge in [-0.05, 0) is 31.5 Å². The molecule has 0 saturated heterocycles. The molecule has 1 rings (SSSR count). The van der Waals surface area contributed by atoms with Crippen LogP contribution in [-0.4, -0.2) is 5.78 Å². The average Bonchev–Trinajstić information content (AvgIpc) is 2.27. The first-order chi connectivity index (χ1) is 7.11. The van der Waals surface area contributed by atoms with Gasteiger partial charge in [-0.15, -0.1) is 0 Å². The first kappa shape index (κ1) is 16.3. The molecule has 15 heavy (non-hydrogen) atoms. The summed E-state index contributed by atoms with van der Waals surface area (Å²) in [6.07, 6.45) is 0. The molecular formula is C13H21FO. The summed E-state index contributed by atoms with van der Waals surface area (Å²) >= 11 is 0. The minimum atomic E-state index is -0.360. The Labute approximate surface area is 92.3 Å². The molecule has 0 aliphatic carbocycles. The van der Waals surface area contributed by atoms with Crippen molar-refractivity contribution in [3.05, 3.63) is 35.1 Å². The maximum atomic E-state index is 12.6. The number of halogens is 1. The maximum Gasteiger partial charge on any atom is 0.160 e. The Morgan fingerprint density at radius 3 is 1.93 bits per heavy atom. The number of ketones is 1. The van der Waals surface area contributed by atoms with Crippen molar-refractivity contribution in [1.29, 1.82) is 0 Å². The fourth-order valence-electron chi connectivity index (χ4n) is 0.974. The van der Waals surface area contributed by atoms with Gasteiger partial charge in [0, 0.05) is 5.56 Å². The second-order valence-corrected chi connectivity index (χ2v) is 2.52. The highest BCUT2D eigenvalue weighted by molar-refractivity contribution is 5.95. The fourth-order valence-corrected chi connectivity index (χ4v) is 0.974. The van der Waals surface area contributed by atoms with Gasteiger partial charge in [0.25, 0.3) is 0 Å². The van der Waals surface area contributed by atoms with Crippen LogP contribution in [0.25, 0.3) is 0 Å². The number of hydrogen-bond donors (Lipinski definition) is 0. The van der Waals surface area contributed by atoms with Crippen molar-refractivity contribution in [3.63, 3.8) is 0 Å². The second kappa shape index (κ2) is 9.38. The summed E-state index contributed by atoms with van der Waals surface area (Å²) in [6.45, 7) is 11.2. The molecule has 0 fully saturated rings. The lowest BCUT2D eigenvalue weighted by Crippen LogP contribution is -1.96. The summed E-state index contributed by atoms with van der Waals surface area (Å²) in [5.74, 6) is -0.456. The van der Waals surface area contributed by atoms with E-state index in [9.17, 15) is 9.18 Å². The Bertz CT molecular complexity index is 293. The summed E-state index contributed by atoms with van der Waals surface area (Å²) in [5, 5.41) is 0. The van der Waals surface area contributed by atoms with Crippen LogP contribution < -0.4 is 0 Å². The summed E-state index contributed by atoms with van der Waals surface area (Å²) in [7, 11) is 0. The van der Waals surface area contributed by atoms with E-state index in [1.165, 1.54) is 19.1 Å². The maximum absolute atomic E-state index is 12.6. The minimum Gasteiger partial charge on any atom is -0.294 e. The number of carbonyl (C=O) groups excluding carboxylic acids is 1. The monoisotopic (exact) mass is 212 g/mol. The second-order valence-electron chi connectivity index (χ2n) is 2.52. The molecule has 0 aromatic heterocycles. The van der Waals surface area contributed by atoms with Crippen LogP contribution in [-0.2, 0) is 0 Å². The highest BCUT2D eigenvalue weighted by Crippen LogP contribution is 2.10. The summed E-state index contributed by atoms with van der Waals surface area (Å²) in [6, 6.07) is 4.21. The van der Waals surface area contributed by atoms with Crippen LogP contribution in [0.15, 0.2) is 18.2 Å². The highest BCUT2D eigenvalue weighted by atomic mass is 19.1. The third kappa shape index (κ3) is 6.00. The van der Waals surface area contributed by atoms with Crippen LogP contribution in [0.1, 0.15) is 50.5 Å². The van der Waals surface area contributed by atoms with Gasteiger partial charge in [-0.3, -0.25) is 4.79 Å². The van der Waals surface area contributed by atoms with E-state index >= 15 is 0 Å². The van der Waals surface area contributed by atoms with E-state index in [0.717, 1.165) is 5.56 Å². The van der Waals surface area contributed by atoms with Crippen molar-refractivity contribution >= 4 is 5.78 Å². The third-order valence-electron chi connectivity index (χ3n) is 1.58. The van der Waals surface area contributed by atoms with Crippen LogP contribution in [0.5, 0.6) is 0 Å². The van der Waals surface area contributed by atoms with Gasteiger partial charge in [0.05, 0.1) is 0 Å². The largest absolute Gasteiger partial charge is 0.294 e. The van der Waals surface area contributed by atoms with Crippen molar-refractivity contribution in [2.45, 2.75) is 41.5 Å². The molecule has 1 aromatic rings. The standard InChI is InChI=1S/C9H9FO.2C2H6/c1-6-3-4-8(10)5-9(6)7(2)11;2*1-2/h3-5H,1-2H3;2*1-2H3. The predicted octanol–water partition coefficient (Wildman–Crippen LogP) is 4.39. The molecule has 0 spiro atoms. The van der Waals surface area contributed by atoms with Gasteiger partial charge in [-0.1, -0.05) is 33.8 Å². The van der Waals surface area contributed by atoms with Crippen LogP contribution in [0.4, 0.5) is 4.39 Å². The van der Waals surface area contributed by atoms with E-state index in [0.29, 0.717) is 5.56 Å². The number of benzene rings is 1. The Morgan fingerprint density at radius 1 is 1.13 bits per heavy atom. The Kier molecular flexibility index (Phi) is 10.2. The molecule has 0 aliphatic rings. The van der Waals surface area contributed by atoms with Crippen molar-refractivity contribution < 1.29 is 9.18 Å². The van der Waals surface area contributed by atoms with Crippen molar-refractivity contribution in [3.8, 4) is 0 Å². The highest BCUT2D eigenvalue weighted by Gasteiger charge is 2.03. The summed E-state index contributed by atoms with van der Waals surface area (Å²) in [4.78, 5) is 10.9. The van der Waals surface area contributed by atoms with Gasteiger partial charge < -0.3 is 0 Å². The molecule has 0 radical (unpaired) electrons. The first-order valence-corrected chi connectivity index (χ1v) is 5.38. The lowest BCUT2D eigenvalue weighted by Gasteiger charge is -1.99. The number of carbonyl (C=O) groups is 1. The predicted molar refractivity (Wildman–Crippen MR) is 63.8 cm³/mol. The summed E-state index contributed by atoms with van der Waals surface area (Å²) < 4.78 is 12.6. The molecule has 1 aromatic carbocycles. The molecule has 2 heteroatoms. The Balaban J connectivity index is 0. The SMILES string of the molecule is CC.CC.CC(=O)c1cc(F)ccc1C. The minimum absolute atomic E-state index is 0.0954. The van der Waals surface area contributed by atoms with Gasteiger partial charge in [0.1, 0.15) is 5.82 Å². The normalized spacial score (nSPS) is 7.93. The number of rotatable bonds is 1. The molecule has 0 saturated carbocycles. The van der Waals surface area contributed by atoms with E-state index < -0.39 is 0 Å². The number of hydrogen-bond acceptors (Lipinski definition) is 1. The van der Waals surface area contributed by atoms with Gasteiger partial charge in [0.2, 0.25) is 0 Å². The molecule has 0 amide bonds. The smallest absolute Gasteiger partial charge is 0.160 e. The fraction of sp³-hybridized carbons (Fsp3) is 0.462. The lowest BCUT2D eigenvalue weighted by atomic mass is 10.1. The van der Waals surface area contributed by atoms with Crippen molar-refractivity contribution in [1.82, 2.24) is 0 Å². The van der Waals surface area contributed by atoms with Gasteiger partial charge in [-0.2, -0.15) is 0 Å². The van der Waals surface area contributed by atoms with E-state index in [-0.39, 0.29) is 11.6 Å². The quantitative estimate of drug-likeness (QED) is 0.631. The van der Waals surface area contributed by atoms with Crippen LogP contribution in [0.2, 0.25) is 0 Å². The van der Waals surface area contributed by atoms with E-state index in [1.54, 1.807) is 13.0 Å². The molecule has 0 bridgehead atoms. The molecule has 0 heterocycles. The van der Waals surface area contributed by atoms with Gasteiger partial charge in [-0.25, -0.2) is 4.39 Å². The van der Waals surface area contributed by atoms with E-state index in [1.807, 2.05) is 27.7 Å². The van der Waals surface area contributed by atoms with E-state index in [4.69, 9.17) is 0 Å². The Morgan fingerprint density at radius 2 is 1.60 bits per heavy atom. The van der Waals surface area contributed by atoms with Crippen LogP contribution >= 0.6 is 0 Å². The topological polar surface area (TPSA) is 17.1 Å². The van der Waals surface area contributed by atoms with Gasteiger partial charge in [0.15, 0.2) is 5.78 Å². The first-order valence-electron chi connectivity index (χ1n) is 5.38. The molecule has 86 valence electrons. The number of aryl methyl sites for hydroxylation is 1. The van der Waals surface area contributed by atoms with Gasteiger partial charge >= 0.3 is 0 Å². The molecular weight excluding hydrogens is 191 g/mol. The Hall–Kier alpha value is -1.18.